The van der Waals surface area contributed by atoms with E-state index in [-0.39, 0.29) is 5.91 Å². The molecule has 0 aliphatic rings. The summed E-state index contributed by atoms with van der Waals surface area (Å²) in [6.07, 6.45) is 0.724. The standard InChI is InChI=1S/C15H29N5O/c1-7-12-13(16)14(19(6)18-12)15(21)17-8-9-20(10(2)3)11(4)5/h10-11H,7-9,16H2,1-6H3,(H,17,21). The van der Waals surface area contributed by atoms with Crippen LogP contribution in [-0.4, -0.2) is 45.8 Å². The largest absolute Gasteiger partial charge is 0.395 e. The van der Waals surface area contributed by atoms with Crippen LogP contribution < -0.4 is 11.1 Å². The SMILES string of the molecule is CCc1nn(C)c(C(=O)NCCN(C(C)C)C(C)C)c1N. The maximum atomic E-state index is 12.3. The number of carbonyl (C=O) groups excluding carboxylic acids is 1. The molecule has 0 unspecified atom stereocenters. The molecule has 1 heterocycles. The average molecular weight is 295 g/mol. The predicted octanol–water partition coefficient (Wildman–Crippen LogP) is 1.41. The van der Waals surface area contributed by atoms with E-state index in [0.29, 0.717) is 30.0 Å². The number of aryl methyl sites for hydroxylation is 2. The van der Waals surface area contributed by atoms with E-state index in [2.05, 4.69) is 43.0 Å². The van der Waals surface area contributed by atoms with Gasteiger partial charge in [0.2, 0.25) is 0 Å². The van der Waals surface area contributed by atoms with Gasteiger partial charge in [-0.25, -0.2) is 0 Å². The van der Waals surface area contributed by atoms with E-state index in [0.717, 1.165) is 18.7 Å². The Kier molecular flexibility index (Phi) is 6.20. The highest BCUT2D eigenvalue weighted by Crippen LogP contribution is 2.16. The van der Waals surface area contributed by atoms with Crippen LogP contribution in [0.1, 0.15) is 50.8 Å². The highest BCUT2D eigenvalue weighted by Gasteiger charge is 2.19. The smallest absolute Gasteiger partial charge is 0.271 e. The molecule has 0 bridgehead atoms. The molecule has 3 N–H and O–H groups in total. The molecule has 120 valence electrons. The fourth-order valence-electron chi connectivity index (χ4n) is 2.62. The first-order chi connectivity index (χ1) is 9.79. The lowest BCUT2D eigenvalue weighted by Crippen LogP contribution is -2.42. The minimum Gasteiger partial charge on any atom is -0.395 e. The van der Waals surface area contributed by atoms with Gasteiger partial charge in [0.1, 0.15) is 5.69 Å². The van der Waals surface area contributed by atoms with Crippen LogP contribution in [0, 0.1) is 0 Å². The van der Waals surface area contributed by atoms with Crippen molar-refractivity contribution in [1.29, 1.82) is 0 Å². The molecule has 0 aromatic carbocycles. The number of amides is 1. The van der Waals surface area contributed by atoms with Crippen LogP contribution >= 0.6 is 0 Å². The van der Waals surface area contributed by atoms with Crippen LogP contribution in [-0.2, 0) is 13.5 Å². The van der Waals surface area contributed by atoms with Crippen LogP contribution in [0.25, 0.3) is 0 Å². The molecule has 0 atom stereocenters. The lowest BCUT2D eigenvalue weighted by atomic mass is 10.2. The summed E-state index contributed by atoms with van der Waals surface area (Å²) in [5, 5.41) is 7.21. The summed E-state index contributed by atoms with van der Waals surface area (Å²) in [5.74, 6) is -0.158. The highest BCUT2D eigenvalue weighted by atomic mass is 16.2. The molecule has 0 spiro atoms. The third kappa shape index (κ3) is 4.20. The van der Waals surface area contributed by atoms with E-state index in [1.54, 1.807) is 11.7 Å². The van der Waals surface area contributed by atoms with Crippen molar-refractivity contribution in [3.63, 3.8) is 0 Å². The van der Waals surface area contributed by atoms with Crippen molar-refractivity contribution >= 4 is 11.6 Å². The first-order valence-electron chi connectivity index (χ1n) is 7.64. The Bertz CT molecular complexity index is 471. The highest BCUT2D eigenvalue weighted by molar-refractivity contribution is 5.97. The van der Waals surface area contributed by atoms with Crippen molar-refractivity contribution in [3.05, 3.63) is 11.4 Å². The van der Waals surface area contributed by atoms with E-state index < -0.39 is 0 Å². The van der Waals surface area contributed by atoms with Gasteiger partial charge in [-0.3, -0.25) is 14.4 Å². The second-order valence-electron chi connectivity index (χ2n) is 5.87. The number of nitrogens with two attached hydrogens (primary N) is 1. The zero-order chi connectivity index (χ0) is 16.2. The van der Waals surface area contributed by atoms with Gasteiger partial charge in [-0.15, -0.1) is 0 Å². The molecule has 0 aliphatic carbocycles. The van der Waals surface area contributed by atoms with E-state index in [9.17, 15) is 4.79 Å². The number of carbonyl (C=O) groups is 1. The Morgan fingerprint density at radius 3 is 2.33 bits per heavy atom. The molecule has 1 aromatic rings. The normalized spacial score (nSPS) is 11.7. The summed E-state index contributed by atoms with van der Waals surface area (Å²) in [6.45, 7) is 12.0. The van der Waals surface area contributed by atoms with Gasteiger partial charge in [0.25, 0.3) is 5.91 Å². The second-order valence-corrected chi connectivity index (χ2v) is 5.87. The van der Waals surface area contributed by atoms with E-state index in [1.165, 1.54) is 0 Å². The number of nitrogens with one attached hydrogen (secondary N) is 1. The maximum Gasteiger partial charge on any atom is 0.271 e. The van der Waals surface area contributed by atoms with Crippen LogP contribution in [0.3, 0.4) is 0 Å². The Balaban J connectivity index is 2.64. The number of hydrogen-bond donors (Lipinski definition) is 2. The van der Waals surface area contributed by atoms with Crippen molar-refractivity contribution in [1.82, 2.24) is 20.0 Å². The summed E-state index contributed by atoms with van der Waals surface area (Å²) in [5.41, 5.74) is 7.70. The molecule has 0 fully saturated rings. The van der Waals surface area contributed by atoms with Crippen molar-refractivity contribution in [3.8, 4) is 0 Å². The summed E-state index contributed by atoms with van der Waals surface area (Å²) < 4.78 is 1.56. The number of hydrogen-bond acceptors (Lipinski definition) is 4. The molecule has 1 aromatic heterocycles. The molecule has 1 rings (SSSR count). The summed E-state index contributed by atoms with van der Waals surface area (Å²) in [4.78, 5) is 14.6. The van der Waals surface area contributed by atoms with Crippen molar-refractivity contribution in [2.24, 2.45) is 7.05 Å². The number of anilines is 1. The summed E-state index contributed by atoms with van der Waals surface area (Å²) in [7, 11) is 1.75. The van der Waals surface area contributed by atoms with Gasteiger partial charge in [0.05, 0.1) is 11.4 Å². The molecular formula is C15H29N5O. The average Bonchev–Trinajstić information content (AvgIpc) is 2.68. The third-order valence-corrected chi connectivity index (χ3v) is 3.69. The molecule has 0 saturated carbocycles. The van der Waals surface area contributed by atoms with E-state index in [1.807, 2.05) is 6.92 Å². The monoisotopic (exact) mass is 295 g/mol. The van der Waals surface area contributed by atoms with Crippen LogP contribution in [0.15, 0.2) is 0 Å². The lowest BCUT2D eigenvalue weighted by Gasteiger charge is -2.30. The van der Waals surface area contributed by atoms with Crippen molar-refractivity contribution < 1.29 is 4.79 Å². The van der Waals surface area contributed by atoms with Gasteiger partial charge < -0.3 is 11.1 Å². The first kappa shape index (κ1) is 17.5. The van der Waals surface area contributed by atoms with Crippen molar-refractivity contribution in [2.45, 2.75) is 53.1 Å². The number of rotatable bonds is 7. The van der Waals surface area contributed by atoms with Crippen molar-refractivity contribution in [2.75, 3.05) is 18.8 Å². The molecular weight excluding hydrogens is 266 g/mol. The fourth-order valence-corrected chi connectivity index (χ4v) is 2.62. The molecule has 0 saturated heterocycles. The number of aromatic nitrogens is 2. The Morgan fingerprint density at radius 1 is 1.33 bits per heavy atom. The van der Waals surface area contributed by atoms with Gasteiger partial charge in [-0.1, -0.05) is 6.92 Å². The molecule has 0 radical (unpaired) electrons. The number of nitrogens with zero attached hydrogens (tertiary/aromatic N) is 3. The third-order valence-electron chi connectivity index (χ3n) is 3.69. The van der Waals surface area contributed by atoms with Gasteiger partial charge >= 0.3 is 0 Å². The zero-order valence-corrected chi connectivity index (χ0v) is 14.1. The maximum absolute atomic E-state index is 12.3. The Hall–Kier alpha value is -1.56. The van der Waals surface area contributed by atoms with Crippen LogP contribution in [0.4, 0.5) is 5.69 Å². The van der Waals surface area contributed by atoms with E-state index in [4.69, 9.17) is 5.73 Å². The van der Waals surface area contributed by atoms with Gasteiger partial charge in [-0.05, 0) is 34.1 Å². The first-order valence-corrected chi connectivity index (χ1v) is 7.64. The van der Waals surface area contributed by atoms with Crippen LogP contribution in [0.5, 0.6) is 0 Å². The van der Waals surface area contributed by atoms with Crippen LogP contribution in [0.2, 0.25) is 0 Å². The summed E-state index contributed by atoms with van der Waals surface area (Å²) >= 11 is 0. The van der Waals surface area contributed by atoms with Gasteiger partial charge in [-0.2, -0.15) is 5.10 Å². The minimum atomic E-state index is -0.158. The second kappa shape index (κ2) is 7.45. The molecule has 6 heteroatoms. The molecule has 0 aliphatic heterocycles. The topological polar surface area (TPSA) is 76.2 Å². The summed E-state index contributed by atoms with van der Waals surface area (Å²) in [6, 6.07) is 0.908. The molecule has 6 nitrogen and oxygen atoms in total. The minimum absolute atomic E-state index is 0.158. The molecule has 1 amide bonds. The van der Waals surface area contributed by atoms with Gasteiger partial charge in [0, 0.05) is 32.2 Å². The number of nitrogen functional groups attached to an aromatic ring is 1. The Morgan fingerprint density at radius 2 is 1.90 bits per heavy atom. The quantitative estimate of drug-likeness (QED) is 0.797. The Labute approximate surface area is 127 Å². The van der Waals surface area contributed by atoms with Gasteiger partial charge in [0.15, 0.2) is 0 Å². The van der Waals surface area contributed by atoms with E-state index >= 15 is 0 Å². The lowest BCUT2D eigenvalue weighted by molar-refractivity contribution is 0.0931. The fraction of sp³-hybridized carbons (Fsp3) is 0.733. The molecule has 21 heavy (non-hydrogen) atoms. The zero-order valence-electron chi connectivity index (χ0n) is 14.1. The predicted molar refractivity (Wildman–Crippen MR) is 86.3 cm³/mol.